The lowest BCUT2D eigenvalue weighted by atomic mass is 10.4. The molecule has 1 aliphatic rings. The molecule has 1 heteroatoms. The standard InChI is InChI=1S/C6H11N.C6H8/c1-2-7-5-3-4-6-7;1-3-5-6-4-2/h2H,1,3-6H2;3,6H,1-2,5H2. The molecule has 0 unspecified atom stereocenters. The van der Waals surface area contributed by atoms with E-state index >= 15 is 0 Å². The van der Waals surface area contributed by atoms with Crippen molar-refractivity contribution in [2.75, 3.05) is 13.1 Å². The van der Waals surface area contributed by atoms with Crippen LogP contribution in [0.2, 0.25) is 0 Å². The molecule has 1 nitrogen and oxygen atoms in total. The van der Waals surface area contributed by atoms with Gasteiger partial charge in [0.25, 0.3) is 0 Å². The lowest BCUT2D eigenvalue weighted by Gasteiger charge is -2.07. The molecule has 0 amide bonds. The highest BCUT2D eigenvalue weighted by Crippen LogP contribution is 2.05. The molecule has 0 aromatic rings. The Balaban J connectivity index is 0.000000226. The molecule has 1 aliphatic heterocycles. The van der Waals surface area contributed by atoms with Crippen LogP contribution in [-0.2, 0) is 0 Å². The van der Waals surface area contributed by atoms with Crippen molar-refractivity contribution in [3.63, 3.8) is 0 Å². The van der Waals surface area contributed by atoms with Crippen LogP contribution in [0.15, 0.2) is 43.8 Å². The first-order valence-electron chi connectivity index (χ1n) is 4.67. The zero-order chi connectivity index (χ0) is 9.94. The van der Waals surface area contributed by atoms with Gasteiger partial charge in [-0.3, -0.25) is 0 Å². The minimum atomic E-state index is 0.878. The van der Waals surface area contributed by atoms with Crippen LogP contribution in [0.4, 0.5) is 0 Å². The molecule has 0 atom stereocenters. The van der Waals surface area contributed by atoms with E-state index in [0.29, 0.717) is 0 Å². The Morgan fingerprint density at radius 1 is 1.23 bits per heavy atom. The lowest BCUT2D eigenvalue weighted by molar-refractivity contribution is 0.469. The van der Waals surface area contributed by atoms with Gasteiger partial charge in [0.2, 0.25) is 0 Å². The number of allylic oxidation sites excluding steroid dienone is 2. The maximum absolute atomic E-state index is 3.67. The van der Waals surface area contributed by atoms with Gasteiger partial charge in [0.05, 0.1) is 0 Å². The predicted molar refractivity (Wildman–Crippen MR) is 59.5 cm³/mol. The molecule has 0 bridgehead atoms. The molecule has 1 fully saturated rings. The van der Waals surface area contributed by atoms with Crippen molar-refractivity contribution in [2.24, 2.45) is 0 Å². The Morgan fingerprint density at radius 2 is 1.85 bits per heavy atom. The van der Waals surface area contributed by atoms with Crippen molar-refractivity contribution in [1.29, 1.82) is 0 Å². The number of hydrogen-bond donors (Lipinski definition) is 0. The van der Waals surface area contributed by atoms with E-state index < -0.39 is 0 Å². The summed E-state index contributed by atoms with van der Waals surface area (Å²) in [4.78, 5) is 2.25. The van der Waals surface area contributed by atoms with Crippen molar-refractivity contribution in [3.05, 3.63) is 43.8 Å². The summed E-state index contributed by atoms with van der Waals surface area (Å²) >= 11 is 0. The van der Waals surface area contributed by atoms with Gasteiger partial charge in [-0.05, 0) is 31.5 Å². The second kappa shape index (κ2) is 8.89. The van der Waals surface area contributed by atoms with E-state index in [9.17, 15) is 0 Å². The highest BCUT2D eigenvalue weighted by molar-refractivity contribution is 4.84. The van der Waals surface area contributed by atoms with Crippen LogP contribution in [0, 0.1) is 0 Å². The van der Waals surface area contributed by atoms with Crippen molar-refractivity contribution in [2.45, 2.75) is 19.3 Å². The van der Waals surface area contributed by atoms with E-state index in [2.05, 4.69) is 30.4 Å². The predicted octanol–water partition coefficient (Wildman–Crippen LogP) is 3.13. The van der Waals surface area contributed by atoms with Gasteiger partial charge in [-0.1, -0.05) is 19.2 Å². The van der Waals surface area contributed by atoms with E-state index in [0.717, 1.165) is 6.42 Å². The molecule has 0 aliphatic carbocycles. The smallest absolute Gasteiger partial charge is 0.0172 e. The minimum Gasteiger partial charge on any atom is -0.378 e. The summed E-state index contributed by atoms with van der Waals surface area (Å²) in [7, 11) is 0. The fourth-order valence-electron chi connectivity index (χ4n) is 1.09. The first kappa shape index (κ1) is 11.8. The van der Waals surface area contributed by atoms with Crippen LogP contribution in [0.5, 0.6) is 0 Å². The molecule has 0 N–H and O–H groups in total. The molecule has 13 heavy (non-hydrogen) atoms. The zero-order valence-electron chi connectivity index (χ0n) is 8.34. The van der Waals surface area contributed by atoms with E-state index in [1.54, 1.807) is 6.08 Å². The van der Waals surface area contributed by atoms with Crippen LogP contribution in [-0.4, -0.2) is 18.0 Å². The lowest BCUT2D eigenvalue weighted by Crippen LogP contribution is -2.08. The Kier molecular flexibility index (Phi) is 8.07. The Bertz CT molecular complexity index is 181. The topological polar surface area (TPSA) is 3.24 Å². The monoisotopic (exact) mass is 177 g/mol. The normalized spacial score (nSPS) is 13.7. The third-order valence-corrected chi connectivity index (χ3v) is 1.83. The van der Waals surface area contributed by atoms with Crippen LogP contribution in [0.3, 0.4) is 0 Å². The van der Waals surface area contributed by atoms with E-state index in [1.807, 2.05) is 12.3 Å². The average molecular weight is 177 g/mol. The SMILES string of the molecule is C=C=CCC=C.C=CN1CCCC1. The second-order valence-electron chi connectivity index (χ2n) is 2.86. The van der Waals surface area contributed by atoms with Gasteiger partial charge in [0.1, 0.15) is 0 Å². The summed E-state index contributed by atoms with van der Waals surface area (Å²) in [6.07, 6.45) is 9.14. The van der Waals surface area contributed by atoms with Gasteiger partial charge in [-0.15, -0.1) is 12.3 Å². The van der Waals surface area contributed by atoms with Crippen molar-refractivity contribution in [3.8, 4) is 0 Å². The molecule has 72 valence electrons. The largest absolute Gasteiger partial charge is 0.378 e. The van der Waals surface area contributed by atoms with E-state index in [4.69, 9.17) is 0 Å². The number of nitrogens with zero attached hydrogens (tertiary/aromatic N) is 1. The van der Waals surface area contributed by atoms with Crippen molar-refractivity contribution >= 4 is 0 Å². The summed E-state index contributed by atoms with van der Waals surface area (Å²) in [5, 5.41) is 0. The molecule has 0 saturated carbocycles. The minimum absolute atomic E-state index is 0.878. The molecular weight excluding hydrogens is 158 g/mol. The van der Waals surface area contributed by atoms with Gasteiger partial charge in [0, 0.05) is 13.1 Å². The first-order chi connectivity index (χ1) is 6.35. The summed E-state index contributed by atoms with van der Waals surface area (Å²) in [5.74, 6) is 0. The average Bonchev–Trinajstić information content (AvgIpc) is 2.68. The molecular formula is C12H19N. The molecule has 0 spiro atoms. The second-order valence-corrected chi connectivity index (χ2v) is 2.86. The molecule has 1 rings (SSSR count). The summed E-state index contributed by atoms with van der Waals surface area (Å²) < 4.78 is 0. The van der Waals surface area contributed by atoms with Gasteiger partial charge in [-0.2, -0.15) is 0 Å². The number of likely N-dealkylation sites (tertiary alicyclic amines) is 1. The molecule has 0 aromatic carbocycles. The van der Waals surface area contributed by atoms with Crippen molar-refractivity contribution < 1.29 is 0 Å². The first-order valence-corrected chi connectivity index (χ1v) is 4.67. The quantitative estimate of drug-likeness (QED) is 0.473. The summed E-state index contributed by atoms with van der Waals surface area (Å²) in [6, 6.07) is 0. The van der Waals surface area contributed by atoms with Crippen LogP contribution < -0.4 is 0 Å². The Labute approximate surface area is 81.8 Å². The Morgan fingerprint density at radius 3 is 2.08 bits per heavy atom. The fraction of sp³-hybridized carbons (Fsp3) is 0.417. The van der Waals surface area contributed by atoms with E-state index in [1.165, 1.54) is 25.9 Å². The van der Waals surface area contributed by atoms with Crippen LogP contribution >= 0.6 is 0 Å². The van der Waals surface area contributed by atoms with Crippen molar-refractivity contribution in [1.82, 2.24) is 4.90 Å². The highest BCUT2D eigenvalue weighted by atomic mass is 15.1. The highest BCUT2D eigenvalue weighted by Gasteiger charge is 2.04. The maximum Gasteiger partial charge on any atom is 0.0172 e. The van der Waals surface area contributed by atoms with E-state index in [-0.39, 0.29) is 0 Å². The van der Waals surface area contributed by atoms with Gasteiger partial charge >= 0.3 is 0 Å². The Hall–Kier alpha value is -1.20. The third-order valence-electron chi connectivity index (χ3n) is 1.83. The third kappa shape index (κ3) is 7.17. The molecule has 1 heterocycles. The molecule has 0 aromatic heterocycles. The number of rotatable bonds is 3. The number of hydrogen-bond acceptors (Lipinski definition) is 1. The maximum atomic E-state index is 3.67. The zero-order valence-corrected chi connectivity index (χ0v) is 8.34. The van der Waals surface area contributed by atoms with Crippen LogP contribution in [0.25, 0.3) is 0 Å². The fourth-order valence-corrected chi connectivity index (χ4v) is 1.09. The molecule has 0 radical (unpaired) electrons. The van der Waals surface area contributed by atoms with Gasteiger partial charge in [-0.25, -0.2) is 0 Å². The van der Waals surface area contributed by atoms with Gasteiger partial charge < -0.3 is 4.90 Å². The molecule has 1 saturated heterocycles. The summed E-state index contributed by atoms with van der Waals surface area (Å²) in [6.45, 7) is 13.0. The van der Waals surface area contributed by atoms with Gasteiger partial charge in [0.15, 0.2) is 0 Å². The van der Waals surface area contributed by atoms with Crippen LogP contribution in [0.1, 0.15) is 19.3 Å². The summed E-state index contributed by atoms with van der Waals surface area (Å²) in [5.41, 5.74) is 2.62.